The van der Waals surface area contributed by atoms with Gasteiger partial charge in [0.05, 0.1) is 6.54 Å². The highest BCUT2D eigenvalue weighted by Crippen LogP contribution is 2.22. The lowest BCUT2D eigenvalue weighted by Crippen LogP contribution is -2.39. The van der Waals surface area contributed by atoms with Gasteiger partial charge < -0.3 is 15.5 Å². The van der Waals surface area contributed by atoms with Gasteiger partial charge in [0, 0.05) is 22.8 Å². The van der Waals surface area contributed by atoms with Crippen LogP contribution < -0.4 is 10.6 Å². The van der Waals surface area contributed by atoms with E-state index in [-0.39, 0.29) is 18.0 Å². The maximum absolute atomic E-state index is 13.0. The third-order valence-electron chi connectivity index (χ3n) is 5.00. The van der Waals surface area contributed by atoms with E-state index in [0.717, 1.165) is 28.1 Å². The number of aryl methyl sites for hydroxylation is 3. The summed E-state index contributed by atoms with van der Waals surface area (Å²) in [7, 11) is 0. The standard InChI is InChI=1S/C24H28N4O2S/c1-15(2)28(24(30)27-22-17(4)7-6-8-18(22)5)13-21-26-20(14-31-21)23(29)25-19-11-9-16(3)10-12-19/h6-12,14-15H,13H2,1-5H3,(H,25,29)(H,27,30). The highest BCUT2D eigenvalue weighted by Gasteiger charge is 2.21. The number of para-hydroxylation sites is 1. The van der Waals surface area contributed by atoms with E-state index in [1.54, 1.807) is 10.3 Å². The molecule has 0 fully saturated rings. The summed E-state index contributed by atoms with van der Waals surface area (Å²) in [5, 5.41) is 8.32. The molecule has 162 valence electrons. The molecule has 0 unspecified atom stereocenters. The molecule has 1 aromatic heterocycles. The summed E-state index contributed by atoms with van der Waals surface area (Å²) >= 11 is 1.37. The Morgan fingerprint density at radius 3 is 2.26 bits per heavy atom. The lowest BCUT2D eigenvalue weighted by molar-refractivity contribution is 0.102. The third kappa shape index (κ3) is 5.70. The van der Waals surface area contributed by atoms with Gasteiger partial charge in [0.2, 0.25) is 0 Å². The smallest absolute Gasteiger partial charge is 0.321 e. The Morgan fingerprint density at radius 1 is 1.00 bits per heavy atom. The lowest BCUT2D eigenvalue weighted by Gasteiger charge is -2.27. The van der Waals surface area contributed by atoms with Gasteiger partial charge in [-0.15, -0.1) is 11.3 Å². The molecule has 31 heavy (non-hydrogen) atoms. The van der Waals surface area contributed by atoms with Crippen LogP contribution in [-0.2, 0) is 6.54 Å². The van der Waals surface area contributed by atoms with Crippen molar-refractivity contribution in [2.24, 2.45) is 0 Å². The van der Waals surface area contributed by atoms with Gasteiger partial charge in [-0.25, -0.2) is 9.78 Å². The molecule has 0 bridgehead atoms. The number of carbonyl (C=O) groups is 2. The van der Waals surface area contributed by atoms with Crippen LogP contribution in [0.3, 0.4) is 0 Å². The van der Waals surface area contributed by atoms with Gasteiger partial charge in [-0.2, -0.15) is 0 Å². The molecule has 2 aromatic carbocycles. The molecule has 3 amide bonds. The van der Waals surface area contributed by atoms with E-state index in [0.29, 0.717) is 17.2 Å². The molecule has 0 radical (unpaired) electrons. The van der Waals surface area contributed by atoms with Crippen molar-refractivity contribution in [2.45, 2.75) is 47.2 Å². The number of rotatable bonds is 6. The largest absolute Gasteiger partial charge is 0.322 e. The second-order valence-electron chi connectivity index (χ2n) is 7.87. The molecule has 0 aliphatic rings. The maximum atomic E-state index is 13.0. The summed E-state index contributed by atoms with van der Waals surface area (Å²) < 4.78 is 0. The quantitative estimate of drug-likeness (QED) is 0.516. The number of nitrogens with zero attached hydrogens (tertiary/aromatic N) is 2. The topological polar surface area (TPSA) is 74.3 Å². The molecule has 0 aliphatic carbocycles. The molecule has 0 aliphatic heterocycles. The number of benzene rings is 2. The van der Waals surface area contributed by atoms with Gasteiger partial charge in [0.15, 0.2) is 0 Å². The minimum absolute atomic E-state index is 0.0296. The predicted octanol–water partition coefficient (Wildman–Crippen LogP) is 5.76. The molecule has 3 aromatic rings. The zero-order valence-corrected chi connectivity index (χ0v) is 19.3. The van der Waals surface area contributed by atoms with Crippen molar-refractivity contribution in [1.82, 2.24) is 9.88 Å². The van der Waals surface area contributed by atoms with Crippen molar-refractivity contribution in [3.8, 4) is 0 Å². The Labute approximate surface area is 187 Å². The minimum atomic E-state index is -0.262. The minimum Gasteiger partial charge on any atom is -0.321 e. The number of carbonyl (C=O) groups excluding carboxylic acids is 2. The Hall–Kier alpha value is -3.19. The van der Waals surface area contributed by atoms with Crippen molar-refractivity contribution >= 4 is 34.6 Å². The highest BCUT2D eigenvalue weighted by atomic mass is 32.1. The Bertz CT molecular complexity index is 1050. The molecule has 0 spiro atoms. The molecule has 2 N–H and O–H groups in total. The average molecular weight is 437 g/mol. The van der Waals surface area contributed by atoms with Crippen LogP contribution in [0.1, 0.15) is 46.0 Å². The molecular formula is C24H28N4O2S. The first kappa shape index (κ1) is 22.5. The van der Waals surface area contributed by atoms with Crippen LogP contribution in [0.15, 0.2) is 47.8 Å². The monoisotopic (exact) mass is 436 g/mol. The van der Waals surface area contributed by atoms with Gasteiger partial charge in [-0.3, -0.25) is 4.79 Å². The summed E-state index contributed by atoms with van der Waals surface area (Å²) in [6.45, 7) is 10.2. The number of aromatic nitrogens is 1. The van der Waals surface area contributed by atoms with Gasteiger partial charge in [0.1, 0.15) is 10.7 Å². The van der Waals surface area contributed by atoms with Crippen molar-refractivity contribution in [3.05, 3.63) is 75.2 Å². The van der Waals surface area contributed by atoms with Gasteiger partial charge >= 0.3 is 6.03 Å². The van der Waals surface area contributed by atoms with Crippen LogP contribution in [0.4, 0.5) is 16.2 Å². The van der Waals surface area contributed by atoms with E-state index in [4.69, 9.17) is 0 Å². The van der Waals surface area contributed by atoms with E-state index in [1.807, 2.05) is 77.1 Å². The summed E-state index contributed by atoms with van der Waals surface area (Å²) in [6, 6.07) is 13.3. The number of nitrogens with one attached hydrogen (secondary N) is 2. The van der Waals surface area contributed by atoms with Crippen molar-refractivity contribution in [3.63, 3.8) is 0 Å². The molecule has 0 saturated heterocycles. The lowest BCUT2D eigenvalue weighted by atomic mass is 10.1. The number of amides is 3. The summed E-state index contributed by atoms with van der Waals surface area (Å²) in [6.07, 6.45) is 0. The Kier molecular flexibility index (Phi) is 7.07. The van der Waals surface area contributed by atoms with Crippen molar-refractivity contribution in [1.29, 1.82) is 0 Å². The predicted molar refractivity (Wildman–Crippen MR) is 127 cm³/mol. The van der Waals surface area contributed by atoms with Crippen LogP contribution >= 0.6 is 11.3 Å². The fourth-order valence-electron chi connectivity index (χ4n) is 3.14. The molecule has 7 heteroatoms. The number of hydrogen-bond acceptors (Lipinski definition) is 4. The fourth-order valence-corrected chi connectivity index (χ4v) is 3.92. The third-order valence-corrected chi connectivity index (χ3v) is 5.83. The second kappa shape index (κ2) is 9.75. The molecule has 6 nitrogen and oxygen atoms in total. The van der Waals surface area contributed by atoms with E-state index in [9.17, 15) is 9.59 Å². The van der Waals surface area contributed by atoms with Crippen molar-refractivity contribution < 1.29 is 9.59 Å². The van der Waals surface area contributed by atoms with Crippen LogP contribution in [0.25, 0.3) is 0 Å². The number of thiazole rings is 1. The zero-order valence-electron chi connectivity index (χ0n) is 18.5. The van der Waals surface area contributed by atoms with E-state index < -0.39 is 0 Å². The first-order chi connectivity index (χ1) is 14.7. The molecule has 1 heterocycles. The molecule has 3 rings (SSSR count). The molecule has 0 saturated carbocycles. The number of hydrogen-bond donors (Lipinski definition) is 2. The first-order valence-corrected chi connectivity index (χ1v) is 11.1. The van der Waals surface area contributed by atoms with Crippen LogP contribution in [0.5, 0.6) is 0 Å². The zero-order chi connectivity index (χ0) is 22.5. The Balaban J connectivity index is 1.69. The van der Waals surface area contributed by atoms with Crippen LogP contribution in [-0.4, -0.2) is 27.9 Å². The fraction of sp³-hybridized carbons (Fsp3) is 0.292. The summed E-state index contributed by atoms with van der Waals surface area (Å²) in [5.41, 5.74) is 5.06. The highest BCUT2D eigenvalue weighted by molar-refractivity contribution is 7.09. The van der Waals surface area contributed by atoms with Crippen LogP contribution in [0, 0.1) is 20.8 Å². The Morgan fingerprint density at radius 2 is 1.65 bits per heavy atom. The van der Waals surface area contributed by atoms with Crippen LogP contribution in [0.2, 0.25) is 0 Å². The molecule has 0 atom stereocenters. The van der Waals surface area contributed by atoms with E-state index >= 15 is 0 Å². The summed E-state index contributed by atoms with van der Waals surface area (Å²) in [4.78, 5) is 31.7. The van der Waals surface area contributed by atoms with Gasteiger partial charge in [0.25, 0.3) is 5.91 Å². The average Bonchev–Trinajstić information content (AvgIpc) is 3.19. The van der Waals surface area contributed by atoms with Gasteiger partial charge in [-0.05, 0) is 57.9 Å². The van der Waals surface area contributed by atoms with E-state index in [1.165, 1.54) is 11.3 Å². The van der Waals surface area contributed by atoms with Crippen molar-refractivity contribution in [2.75, 3.05) is 10.6 Å². The molecular weight excluding hydrogens is 408 g/mol. The first-order valence-electron chi connectivity index (χ1n) is 10.2. The maximum Gasteiger partial charge on any atom is 0.322 e. The normalized spacial score (nSPS) is 10.8. The van der Waals surface area contributed by atoms with E-state index in [2.05, 4.69) is 15.6 Å². The SMILES string of the molecule is Cc1ccc(NC(=O)c2csc(CN(C(=O)Nc3c(C)cccc3C)C(C)C)n2)cc1. The van der Waals surface area contributed by atoms with Gasteiger partial charge in [-0.1, -0.05) is 35.9 Å². The second-order valence-corrected chi connectivity index (χ2v) is 8.81. The summed E-state index contributed by atoms with van der Waals surface area (Å²) in [5.74, 6) is -0.262. The number of urea groups is 1. The number of anilines is 2.